The predicted octanol–water partition coefficient (Wildman–Crippen LogP) is 2.69. The molecule has 0 aromatic rings. The fourth-order valence-corrected chi connectivity index (χ4v) is 2.86. The Labute approximate surface area is 183 Å². The molecule has 1 aliphatic heterocycles. The number of alkyl halides is 3. The van der Waals surface area contributed by atoms with Crippen LogP contribution in [0, 0.1) is 5.92 Å². The summed E-state index contributed by atoms with van der Waals surface area (Å²) < 4.78 is 37.3. The lowest BCUT2D eigenvalue weighted by molar-refractivity contribution is -0.148. The average molecular weight is 521 g/mol. The Morgan fingerprint density at radius 1 is 1.29 bits per heavy atom. The normalized spacial score (nSPS) is 17.6. The van der Waals surface area contributed by atoms with Gasteiger partial charge in [-0.3, -0.25) is 9.69 Å². The second kappa shape index (κ2) is 13.4. The number of halogens is 4. The van der Waals surface area contributed by atoms with Crippen molar-refractivity contribution in [3.63, 3.8) is 0 Å². The molecule has 0 aromatic heterocycles. The van der Waals surface area contributed by atoms with Gasteiger partial charge in [-0.2, -0.15) is 13.2 Å². The van der Waals surface area contributed by atoms with Gasteiger partial charge >= 0.3 is 6.18 Å². The van der Waals surface area contributed by atoms with E-state index in [1.165, 1.54) is 9.80 Å². The van der Waals surface area contributed by atoms with Crippen molar-refractivity contribution in [2.75, 3.05) is 46.8 Å². The Morgan fingerprint density at radius 2 is 1.89 bits per heavy atom. The molecule has 1 saturated heterocycles. The Kier molecular flexibility index (Phi) is 13.1. The van der Waals surface area contributed by atoms with Crippen LogP contribution in [0.15, 0.2) is 4.99 Å². The highest BCUT2D eigenvalue weighted by Gasteiger charge is 2.32. The van der Waals surface area contributed by atoms with Gasteiger partial charge in [-0.25, -0.2) is 4.99 Å². The fourth-order valence-electron chi connectivity index (χ4n) is 2.86. The van der Waals surface area contributed by atoms with E-state index in [-0.39, 0.29) is 42.5 Å². The van der Waals surface area contributed by atoms with Gasteiger partial charge in [0.2, 0.25) is 5.91 Å². The predicted molar refractivity (Wildman–Crippen MR) is 117 cm³/mol. The maximum Gasteiger partial charge on any atom is 0.401 e. The molecule has 0 radical (unpaired) electrons. The van der Waals surface area contributed by atoms with Gasteiger partial charge in [0.15, 0.2) is 5.96 Å². The van der Waals surface area contributed by atoms with E-state index in [1.807, 2.05) is 6.92 Å². The van der Waals surface area contributed by atoms with E-state index >= 15 is 0 Å². The molecule has 1 unspecified atom stereocenters. The van der Waals surface area contributed by atoms with E-state index in [1.54, 1.807) is 14.1 Å². The van der Waals surface area contributed by atoms with Crippen molar-refractivity contribution >= 4 is 35.8 Å². The summed E-state index contributed by atoms with van der Waals surface area (Å²) >= 11 is 0. The van der Waals surface area contributed by atoms with Gasteiger partial charge in [-0.15, -0.1) is 24.0 Å². The highest BCUT2D eigenvalue weighted by molar-refractivity contribution is 14.0. The van der Waals surface area contributed by atoms with E-state index in [0.717, 1.165) is 25.7 Å². The number of likely N-dealkylation sites (tertiary alicyclic amines) is 1. The maximum absolute atomic E-state index is 12.4. The quantitative estimate of drug-likeness (QED) is 0.293. The number of hydrogen-bond donors (Lipinski definition) is 2. The van der Waals surface area contributed by atoms with Crippen molar-refractivity contribution in [1.29, 1.82) is 0 Å². The standard InChI is InChI=1S/C18H34F3N5O.HI/c1-5-14(2)24-17(23-12-16(27)25(3)4)22-9-6-15-7-10-26(11-8-15)13-18(19,20)21;/h14-15H,5-13H2,1-4H3,(H2,22,23,24);1H. The third-order valence-corrected chi connectivity index (χ3v) is 4.82. The summed E-state index contributed by atoms with van der Waals surface area (Å²) in [4.78, 5) is 19.0. The zero-order valence-electron chi connectivity index (χ0n) is 17.3. The summed E-state index contributed by atoms with van der Waals surface area (Å²) in [5.74, 6) is 0.946. The number of likely N-dealkylation sites (N-methyl/N-ethyl adjacent to an activating group) is 1. The van der Waals surface area contributed by atoms with Crippen LogP contribution >= 0.6 is 24.0 Å². The van der Waals surface area contributed by atoms with Crippen LogP contribution < -0.4 is 10.6 Å². The zero-order chi connectivity index (χ0) is 20.4. The molecule has 166 valence electrons. The van der Waals surface area contributed by atoms with E-state index < -0.39 is 12.7 Å². The number of rotatable bonds is 8. The van der Waals surface area contributed by atoms with E-state index in [2.05, 4.69) is 22.5 Å². The van der Waals surface area contributed by atoms with Gasteiger partial charge in [-0.05, 0) is 51.6 Å². The van der Waals surface area contributed by atoms with Crippen LogP contribution in [0.3, 0.4) is 0 Å². The minimum Gasteiger partial charge on any atom is -0.356 e. The smallest absolute Gasteiger partial charge is 0.356 e. The molecule has 1 amide bonds. The van der Waals surface area contributed by atoms with Crippen LogP contribution in [-0.2, 0) is 4.79 Å². The number of piperidine rings is 1. The van der Waals surface area contributed by atoms with Crippen molar-refractivity contribution < 1.29 is 18.0 Å². The lowest BCUT2D eigenvalue weighted by atomic mass is 9.93. The number of nitrogens with zero attached hydrogens (tertiary/aromatic N) is 3. The lowest BCUT2D eigenvalue weighted by Crippen LogP contribution is -2.44. The average Bonchev–Trinajstić information content (AvgIpc) is 2.59. The highest BCUT2D eigenvalue weighted by atomic mass is 127. The molecule has 10 heteroatoms. The summed E-state index contributed by atoms with van der Waals surface area (Å²) in [6, 6.07) is 0.233. The van der Waals surface area contributed by atoms with Crippen molar-refractivity contribution in [1.82, 2.24) is 20.4 Å². The number of nitrogens with one attached hydrogen (secondary N) is 2. The molecule has 0 saturated carbocycles. The first-order chi connectivity index (χ1) is 12.6. The third kappa shape index (κ3) is 11.9. The van der Waals surface area contributed by atoms with E-state index in [9.17, 15) is 18.0 Å². The maximum atomic E-state index is 12.4. The van der Waals surface area contributed by atoms with Crippen LogP contribution in [0.1, 0.15) is 39.5 Å². The van der Waals surface area contributed by atoms with Gasteiger partial charge in [0, 0.05) is 26.7 Å². The first kappa shape index (κ1) is 27.2. The highest BCUT2D eigenvalue weighted by Crippen LogP contribution is 2.23. The zero-order valence-corrected chi connectivity index (χ0v) is 19.6. The van der Waals surface area contributed by atoms with Crippen molar-refractivity contribution in [2.45, 2.75) is 51.7 Å². The topological polar surface area (TPSA) is 60.0 Å². The molecule has 0 aliphatic carbocycles. The first-order valence-electron chi connectivity index (χ1n) is 9.64. The minimum atomic E-state index is -4.12. The molecule has 6 nitrogen and oxygen atoms in total. The Balaban J connectivity index is 0.00000729. The molecule has 1 heterocycles. The molecule has 0 aromatic carbocycles. The third-order valence-electron chi connectivity index (χ3n) is 4.82. The number of amides is 1. The molecule has 1 aliphatic rings. The van der Waals surface area contributed by atoms with Crippen LogP contribution in [0.25, 0.3) is 0 Å². The van der Waals surface area contributed by atoms with Gasteiger partial charge in [0.25, 0.3) is 0 Å². The minimum absolute atomic E-state index is 0. The first-order valence-corrected chi connectivity index (χ1v) is 9.64. The summed E-state index contributed by atoms with van der Waals surface area (Å²) in [6.45, 7) is 5.04. The van der Waals surface area contributed by atoms with Crippen molar-refractivity contribution in [3.8, 4) is 0 Å². The van der Waals surface area contributed by atoms with Crippen molar-refractivity contribution in [2.24, 2.45) is 10.9 Å². The Hall–Kier alpha value is -0.780. The van der Waals surface area contributed by atoms with Crippen LogP contribution in [0.2, 0.25) is 0 Å². The second-order valence-electron chi connectivity index (χ2n) is 7.46. The summed E-state index contributed by atoms with van der Waals surface area (Å²) in [6.07, 6.45) is -0.752. The largest absolute Gasteiger partial charge is 0.401 e. The van der Waals surface area contributed by atoms with E-state index in [4.69, 9.17) is 0 Å². The summed E-state index contributed by atoms with van der Waals surface area (Å²) in [7, 11) is 3.39. The number of carbonyl (C=O) groups excluding carboxylic acids is 1. The lowest BCUT2D eigenvalue weighted by Gasteiger charge is -2.32. The van der Waals surface area contributed by atoms with Crippen LogP contribution in [0.4, 0.5) is 13.2 Å². The summed E-state index contributed by atoms with van der Waals surface area (Å²) in [5.41, 5.74) is 0. The number of aliphatic imine (C=N–C) groups is 1. The second-order valence-corrected chi connectivity index (χ2v) is 7.46. The Morgan fingerprint density at radius 3 is 2.39 bits per heavy atom. The van der Waals surface area contributed by atoms with Gasteiger partial charge in [-0.1, -0.05) is 6.92 Å². The molecule has 1 atom stereocenters. The molecule has 1 rings (SSSR count). The van der Waals surface area contributed by atoms with Gasteiger partial charge in [0.05, 0.1) is 6.54 Å². The SMILES string of the molecule is CCC(C)NC(=NCC(=O)N(C)C)NCCC1CCN(CC(F)(F)F)CC1.I. The molecule has 28 heavy (non-hydrogen) atoms. The summed E-state index contributed by atoms with van der Waals surface area (Å²) in [5, 5.41) is 6.52. The van der Waals surface area contributed by atoms with Crippen molar-refractivity contribution in [3.05, 3.63) is 0 Å². The van der Waals surface area contributed by atoms with Gasteiger partial charge < -0.3 is 15.5 Å². The van der Waals surface area contributed by atoms with Gasteiger partial charge in [0.1, 0.15) is 6.54 Å². The molecular formula is C18H35F3IN5O. The number of hydrogen-bond acceptors (Lipinski definition) is 3. The number of guanidine groups is 1. The number of carbonyl (C=O) groups is 1. The molecule has 0 bridgehead atoms. The monoisotopic (exact) mass is 521 g/mol. The Bertz CT molecular complexity index is 480. The molecule has 0 spiro atoms. The van der Waals surface area contributed by atoms with Crippen LogP contribution in [-0.4, -0.2) is 80.7 Å². The molecule has 1 fully saturated rings. The molecular weight excluding hydrogens is 486 g/mol. The van der Waals surface area contributed by atoms with Crippen LogP contribution in [0.5, 0.6) is 0 Å². The molecule has 2 N–H and O–H groups in total. The van der Waals surface area contributed by atoms with E-state index in [0.29, 0.717) is 31.5 Å². The fraction of sp³-hybridized carbons (Fsp3) is 0.889.